The number of hydrogen-bond donors (Lipinski definition) is 2. The van der Waals surface area contributed by atoms with Crippen LogP contribution in [0.4, 0.5) is 0 Å². The second-order valence-corrected chi connectivity index (χ2v) is 4.09. The largest absolute Gasteiger partial charge is 0.369 e. The fourth-order valence-corrected chi connectivity index (χ4v) is 1.44. The first-order valence-electron chi connectivity index (χ1n) is 5.17. The van der Waals surface area contributed by atoms with Gasteiger partial charge in [0.05, 0.1) is 12.0 Å². The Kier molecular flexibility index (Phi) is 5.93. The van der Waals surface area contributed by atoms with Gasteiger partial charge in [0.15, 0.2) is 0 Å². The summed E-state index contributed by atoms with van der Waals surface area (Å²) in [6.45, 7) is 3.68. The van der Waals surface area contributed by atoms with Gasteiger partial charge >= 0.3 is 0 Å². The number of unbranched alkanes of at least 4 members (excludes halogenated alkanes) is 2. The van der Waals surface area contributed by atoms with Crippen LogP contribution in [0, 0.1) is 5.41 Å². The van der Waals surface area contributed by atoms with Crippen molar-refractivity contribution >= 4 is 12.3 Å². The van der Waals surface area contributed by atoms with Crippen LogP contribution in [0.15, 0.2) is 0 Å². The molecule has 0 bridgehead atoms. The molecule has 0 aliphatic rings. The summed E-state index contributed by atoms with van der Waals surface area (Å²) in [5.74, 6) is -0.487. The topological polar surface area (TPSA) is 83.6 Å². The molecule has 0 aromatic heterocycles. The zero-order valence-electron chi connectivity index (χ0n) is 9.40. The molecular formula is C10H20N2O3. The molecule has 0 radical (unpaired) electrons. The monoisotopic (exact) mass is 216 g/mol. The van der Waals surface area contributed by atoms with Crippen LogP contribution in [0.1, 0.15) is 39.5 Å². The van der Waals surface area contributed by atoms with Crippen LogP contribution < -0.4 is 5.73 Å². The van der Waals surface area contributed by atoms with E-state index >= 15 is 0 Å². The molecule has 0 saturated heterocycles. The van der Waals surface area contributed by atoms with E-state index in [-0.39, 0.29) is 13.0 Å². The summed E-state index contributed by atoms with van der Waals surface area (Å²) in [5.41, 5.74) is 4.42. The lowest BCUT2D eigenvalue weighted by molar-refractivity contribution is -0.159. The fraction of sp³-hybridized carbons (Fsp3) is 0.800. The number of primary amides is 1. The number of carbonyl (C=O) groups is 2. The Labute approximate surface area is 90.2 Å². The van der Waals surface area contributed by atoms with E-state index < -0.39 is 11.3 Å². The normalized spacial score (nSPS) is 14.3. The molecule has 1 atom stereocenters. The zero-order chi connectivity index (χ0) is 11.9. The molecule has 0 aromatic carbocycles. The molecule has 2 amide bonds. The van der Waals surface area contributed by atoms with E-state index in [4.69, 9.17) is 10.9 Å². The van der Waals surface area contributed by atoms with E-state index in [9.17, 15) is 9.59 Å². The quantitative estimate of drug-likeness (QED) is 0.274. The molecule has 0 aliphatic carbocycles. The number of carbonyl (C=O) groups excluding carboxylic acids is 2. The fourth-order valence-electron chi connectivity index (χ4n) is 1.44. The van der Waals surface area contributed by atoms with Crippen molar-refractivity contribution in [2.24, 2.45) is 11.1 Å². The van der Waals surface area contributed by atoms with Gasteiger partial charge in [-0.25, -0.2) is 5.06 Å². The molecular weight excluding hydrogens is 196 g/mol. The average molecular weight is 216 g/mol. The molecule has 0 spiro atoms. The maximum atomic E-state index is 11.2. The highest BCUT2D eigenvalue weighted by molar-refractivity contribution is 5.80. The van der Waals surface area contributed by atoms with Crippen molar-refractivity contribution in [3.63, 3.8) is 0 Å². The van der Waals surface area contributed by atoms with E-state index in [2.05, 4.69) is 6.92 Å². The third-order valence-electron chi connectivity index (χ3n) is 2.56. The number of amides is 2. The van der Waals surface area contributed by atoms with Crippen LogP contribution in [0.2, 0.25) is 0 Å². The van der Waals surface area contributed by atoms with Crippen molar-refractivity contribution in [2.75, 3.05) is 6.54 Å². The first kappa shape index (κ1) is 13.9. The van der Waals surface area contributed by atoms with E-state index in [1.807, 2.05) is 0 Å². The molecule has 15 heavy (non-hydrogen) atoms. The predicted octanol–water partition coefficient (Wildman–Crippen LogP) is 0.906. The van der Waals surface area contributed by atoms with Gasteiger partial charge in [-0.2, -0.15) is 0 Å². The Morgan fingerprint density at radius 2 is 2.13 bits per heavy atom. The zero-order valence-corrected chi connectivity index (χ0v) is 9.40. The van der Waals surface area contributed by atoms with Gasteiger partial charge in [-0.15, -0.1) is 0 Å². The van der Waals surface area contributed by atoms with Crippen molar-refractivity contribution < 1.29 is 14.8 Å². The van der Waals surface area contributed by atoms with Gasteiger partial charge in [-0.05, 0) is 13.3 Å². The van der Waals surface area contributed by atoms with Crippen LogP contribution in [0.3, 0.4) is 0 Å². The lowest BCUT2D eigenvalue weighted by Crippen LogP contribution is -2.43. The van der Waals surface area contributed by atoms with Gasteiger partial charge in [0.1, 0.15) is 0 Å². The van der Waals surface area contributed by atoms with Crippen molar-refractivity contribution in [3.05, 3.63) is 0 Å². The molecule has 0 fully saturated rings. The average Bonchev–Trinajstić information content (AvgIpc) is 2.17. The van der Waals surface area contributed by atoms with E-state index in [1.165, 1.54) is 0 Å². The highest BCUT2D eigenvalue weighted by Gasteiger charge is 2.32. The lowest BCUT2D eigenvalue weighted by atomic mass is 9.83. The van der Waals surface area contributed by atoms with E-state index in [1.54, 1.807) is 6.92 Å². The van der Waals surface area contributed by atoms with Gasteiger partial charge < -0.3 is 5.73 Å². The second kappa shape index (κ2) is 6.40. The minimum Gasteiger partial charge on any atom is -0.369 e. The summed E-state index contributed by atoms with van der Waals surface area (Å²) in [6, 6.07) is 0. The molecule has 5 heteroatoms. The molecule has 0 rings (SSSR count). The lowest BCUT2D eigenvalue weighted by Gasteiger charge is -2.27. The third-order valence-corrected chi connectivity index (χ3v) is 2.56. The van der Waals surface area contributed by atoms with Gasteiger partial charge in [0.25, 0.3) is 0 Å². The third kappa shape index (κ3) is 4.78. The minimum absolute atomic E-state index is 0.0461. The standard InChI is InChI=1S/C10H20N2O3/c1-3-4-5-6-10(2,9(11)14)7-12(15)8-13/h8,15H,3-7H2,1-2H3,(H2,11,14). The summed E-state index contributed by atoms with van der Waals surface area (Å²) < 4.78 is 0. The van der Waals surface area contributed by atoms with Crippen LogP contribution in [-0.2, 0) is 9.59 Å². The summed E-state index contributed by atoms with van der Waals surface area (Å²) in [4.78, 5) is 21.5. The molecule has 0 heterocycles. The van der Waals surface area contributed by atoms with Gasteiger partial charge in [-0.3, -0.25) is 14.8 Å². The molecule has 5 nitrogen and oxygen atoms in total. The number of nitrogens with zero attached hydrogens (tertiary/aromatic N) is 1. The number of hydrogen-bond acceptors (Lipinski definition) is 3. The first-order chi connectivity index (χ1) is 6.96. The summed E-state index contributed by atoms with van der Waals surface area (Å²) in [5, 5.41) is 9.53. The van der Waals surface area contributed by atoms with Crippen LogP contribution in [0.25, 0.3) is 0 Å². The highest BCUT2D eigenvalue weighted by atomic mass is 16.5. The first-order valence-corrected chi connectivity index (χ1v) is 5.17. The van der Waals surface area contributed by atoms with Gasteiger partial charge in [0.2, 0.25) is 12.3 Å². The minimum atomic E-state index is -0.842. The van der Waals surface area contributed by atoms with Gasteiger partial charge in [-0.1, -0.05) is 26.2 Å². The van der Waals surface area contributed by atoms with Crippen LogP contribution in [0.5, 0.6) is 0 Å². The van der Waals surface area contributed by atoms with Crippen molar-refractivity contribution in [1.29, 1.82) is 0 Å². The summed E-state index contributed by atoms with van der Waals surface area (Å²) in [6.07, 6.45) is 3.78. The van der Waals surface area contributed by atoms with Crippen LogP contribution in [-0.4, -0.2) is 29.1 Å². The van der Waals surface area contributed by atoms with Crippen molar-refractivity contribution in [1.82, 2.24) is 5.06 Å². The summed E-state index contributed by atoms with van der Waals surface area (Å²) in [7, 11) is 0. The van der Waals surface area contributed by atoms with Gasteiger partial charge in [0, 0.05) is 0 Å². The molecule has 1 unspecified atom stereocenters. The number of hydroxylamine groups is 2. The molecule has 0 aromatic rings. The van der Waals surface area contributed by atoms with Crippen molar-refractivity contribution in [3.8, 4) is 0 Å². The Balaban J connectivity index is 4.31. The maximum absolute atomic E-state index is 11.2. The maximum Gasteiger partial charge on any atom is 0.233 e. The molecule has 0 aliphatic heterocycles. The highest BCUT2D eigenvalue weighted by Crippen LogP contribution is 2.24. The number of nitrogens with two attached hydrogens (primary N) is 1. The Hall–Kier alpha value is -1.10. The van der Waals surface area contributed by atoms with Crippen LogP contribution >= 0.6 is 0 Å². The van der Waals surface area contributed by atoms with E-state index in [0.29, 0.717) is 11.5 Å². The number of rotatable bonds is 8. The molecule has 0 saturated carbocycles. The van der Waals surface area contributed by atoms with E-state index in [0.717, 1.165) is 19.3 Å². The Morgan fingerprint density at radius 1 is 1.53 bits per heavy atom. The van der Waals surface area contributed by atoms with Crippen molar-refractivity contribution in [2.45, 2.75) is 39.5 Å². The summed E-state index contributed by atoms with van der Waals surface area (Å²) >= 11 is 0. The predicted molar refractivity (Wildman–Crippen MR) is 56.0 cm³/mol. The molecule has 3 N–H and O–H groups in total. The SMILES string of the molecule is CCCCCC(C)(CN(O)C=O)C(N)=O. The smallest absolute Gasteiger partial charge is 0.233 e. The Morgan fingerprint density at radius 3 is 2.53 bits per heavy atom. The second-order valence-electron chi connectivity index (χ2n) is 4.09. The molecule has 88 valence electrons. The Bertz CT molecular complexity index is 221.